The Bertz CT molecular complexity index is 896. The summed E-state index contributed by atoms with van der Waals surface area (Å²) in [7, 11) is 0. The Hall–Kier alpha value is -3.67. The Morgan fingerprint density at radius 3 is 2.42 bits per heavy atom. The molecule has 3 aromatic rings. The largest absolute Gasteiger partial charge is 0.457 e. The molecule has 6 heteroatoms. The number of carbonyl (C=O) groups excluding carboxylic acids is 1. The Balaban J connectivity index is 1.55. The third-order valence-corrected chi connectivity index (χ3v) is 3.27. The van der Waals surface area contributed by atoms with Crippen molar-refractivity contribution >= 4 is 18.0 Å². The second-order valence-corrected chi connectivity index (χ2v) is 5.23. The van der Waals surface area contributed by atoms with Crippen LogP contribution in [-0.4, -0.2) is 12.3 Å². The van der Waals surface area contributed by atoms with E-state index in [4.69, 9.17) is 9.57 Å². The molecule has 5 nitrogen and oxygen atoms in total. The molecule has 1 amide bonds. The van der Waals surface area contributed by atoms with Gasteiger partial charge < -0.3 is 4.74 Å². The van der Waals surface area contributed by atoms with Crippen LogP contribution in [0.4, 0.5) is 14.9 Å². The number of hydrogen-bond acceptors (Lipinski definition) is 4. The van der Waals surface area contributed by atoms with Gasteiger partial charge in [-0.15, -0.1) is 0 Å². The van der Waals surface area contributed by atoms with Gasteiger partial charge in [-0.1, -0.05) is 41.6 Å². The van der Waals surface area contributed by atoms with E-state index in [0.717, 1.165) is 0 Å². The minimum atomic E-state index is -0.750. The molecule has 130 valence electrons. The summed E-state index contributed by atoms with van der Waals surface area (Å²) in [4.78, 5) is 16.5. The van der Waals surface area contributed by atoms with Gasteiger partial charge >= 0.3 is 6.09 Å². The SMILES string of the molecule is O=C(Nc1cccc(Oc2ccccc2)c1)O/N=C/c1ccc(F)cc1. The van der Waals surface area contributed by atoms with Crippen LogP contribution in [0.3, 0.4) is 0 Å². The second-order valence-electron chi connectivity index (χ2n) is 5.23. The average Bonchev–Trinajstić information content (AvgIpc) is 2.64. The monoisotopic (exact) mass is 350 g/mol. The van der Waals surface area contributed by atoms with Gasteiger partial charge in [0.15, 0.2) is 0 Å². The molecule has 3 aromatic carbocycles. The van der Waals surface area contributed by atoms with Crippen LogP contribution >= 0.6 is 0 Å². The van der Waals surface area contributed by atoms with Crippen LogP contribution in [0.2, 0.25) is 0 Å². The highest BCUT2D eigenvalue weighted by molar-refractivity contribution is 5.86. The number of amides is 1. The number of ether oxygens (including phenoxy) is 1. The molecule has 0 heterocycles. The standard InChI is InChI=1S/C20H15FN2O3/c21-16-11-9-15(10-12-16)14-22-26-20(24)23-17-5-4-8-19(13-17)25-18-6-2-1-3-7-18/h1-14H,(H,23,24)/b22-14+. The lowest BCUT2D eigenvalue weighted by Crippen LogP contribution is -2.10. The molecule has 0 saturated carbocycles. The number of para-hydroxylation sites is 1. The number of benzene rings is 3. The number of rotatable bonds is 5. The maximum atomic E-state index is 12.8. The Morgan fingerprint density at radius 2 is 1.65 bits per heavy atom. The van der Waals surface area contributed by atoms with Crippen molar-refractivity contribution in [3.63, 3.8) is 0 Å². The van der Waals surface area contributed by atoms with Crippen LogP contribution in [0.15, 0.2) is 84.0 Å². The summed E-state index contributed by atoms with van der Waals surface area (Å²) in [5, 5.41) is 6.12. The summed E-state index contributed by atoms with van der Waals surface area (Å²) in [6, 6.07) is 21.8. The van der Waals surface area contributed by atoms with Crippen LogP contribution in [0.5, 0.6) is 11.5 Å². The van der Waals surface area contributed by atoms with E-state index in [0.29, 0.717) is 22.7 Å². The van der Waals surface area contributed by atoms with Crippen molar-refractivity contribution in [2.24, 2.45) is 5.16 Å². The predicted octanol–water partition coefficient (Wildman–Crippen LogP) is 5.20. The number of carbonyl (C=O) groups is 1. The summed E-state index contributed by atoms with van der Waals surface area (Å²) in [5.74, 6) is 0.915. The topological polar surface area (TPSA) is 59.9 Å². The number of hydrogen-bond donors (Lipinski definition) is 1. The van der Waals surface area contributed by atoms with Gasteiger partial charge in [-0.3, -0.25) is 10.2 Å². The fraction of sp³-hybridized carbons (Fsp3) is 0. The summed E-state index contributed by atoms with van der Waals surface area (Å²) < 4.78 is 18.5. The number of anilines is 1. The first-order valence-electron chi connectivity index (χ1n) is 7.79. The van der Waals surface area contributed by atoms with Crippen LogP contribution in [0, 0.1) is 5.82 Å². The third kappa shape index (κ3) is 5.17. The molecular formula is C20H15FN2O3. The van der Waals surface area contributed by atoms with E-state index in [2.05, 4.69) is 10.5 Å². The minimum absolute atomic E-state index is 0.349. The van der Waals surface area contributed by atoms with Crippen LogP contribution in [0.25, 0.3) is 0 Å². The van der Waals surface area contributed by atoms with E-state index in [-0.39, 0.29) is 5.82 Å². The Labute approximate surface area is 149 Å². The number of nitrogens with one attached hydrogen (secondary N) is 1. The lowest BCUT2D eigenvalue weighted by atomic mass is 10.2. The van der Waals surface area contributed by atoms with Gasteiger partial charge in [-0.05, 0) is 42.0 Å². The maximum absolute atomic E-state index is 12.8. The highest BCUT2D eigenvalue weighted by Gasteiger charge is 2.04. The molecule has 3 rings (SSSR count). The number of nitrogens with zero attached hydrogens (tertiary/aromatic N) is 1. The Morgan fingerprint density at radius 1 is 0.923 bits per heavy atom. The van der Waals surface area contributed by atoms with E-state index < -0.39 is 6.09 Å². The van der Waals surface area contributed by atoms with Crippen molar-refractivity contribution in [2.75, 3.05) is 5.32 Å². The van der Waals surface area contributed by atoms with Crippen molar-refractivity contribution < 1.29 is 18.8 Å². The highest BCUT2D eigenvalue weighted by Crippen LogP contribution is 2.23. The van der Waals surface area contributed by atoms with Crippen LogP contribution < -0.4 is 10.1 Å². The number of halogens is 1. The molecule has 0 radical (unpaired) electrons. The molecule has 0 saturated heterocycles. The molecule has 1 N–H and O–H groups in total. The van der Waals surface area contributed by atoms with Gasteiger partial charge in [0.1, 0.15) is 17.3 Å². The van der Waals surface area contributed by atoms with Crippen molar-refractivity contribution in [1.29, 1.82) is 0 Å². The van der Waals surface area contributed by atoms with Gasteiger partial charge in [0.25, 0.3) is 0 Å². The van der Waals surface area contributed by atoms with Gasteiger partial charge in [0.05, 0.1) is 6.21 Å². The molecule has 0 fully saturated rings. The molecule has 0 aromatic heterocycles. The molecule has 0 unspecified atom stereocenters. The summed E-state index contributed by atoms with van der Waals surface area (Å²) >= 11 is 0. The first-order valence-corrected chi connectivity index (χ1v) is 7.79. The molecule has 0 spiro atoms. The lowest BCUT2D eigenvalue weighted by Gasteiger charge is -2.07. The zero-order valence-electron chi connectivity index (χ0n) is 13.6. The Kier molecular flexibility index (Phi) is 5.57. The first-order chi connectivity index (χ1) is 12.7. The van der Waals surface area contributed by atoms with Crippen molar-refractivity contribution in [3.05, 3.63) is 90.2 Å². The summed E-state index contributed by atoms with van der Waals surface area (Å²) in [6.07, 6.45) is 0.564. The summed E-state index contributed by atoms with van der Waals surface area (Å²) in [5.41, 5.74) is 1.11. The van der Waals surface area contributed by atoms with Crippen molar-refractivity contribution in [3.8, 4) is 11.5 Å². The van der Waals surface area contributed by atoms with Gasteiger partial charge in [-0.2, -0.15) is 0 Å². The van der Waals surface area contributed by atoms with E-state index in [1.165, 1.54) is 30.5 Å². The van der Waals surface area contributed by atoms with Gasteiger partial charge in [-0.25, -0.2) is 9.18 Å². The fourth-order valence-corrected chi connectivity index (χ4v) is 2.09. The van der Waals surface area contributed by atoms with E-state index in [1.54, 1.807) is 24.3 Å². The molecule has 0 bridgehead atoms. The minimum Gasteiger partial charge on any atom is -0.457 e. The molecule has 0 aliphatic carbocycles. The lowest BCUT2D eigenvalue weighted by molar-refractivity contribution is 0.167. The van der Waals surface area contributed by atoms with E-state index in [1.807, 2.05) is 30.3 Å². The molecule has 26 heavy (non-hydrogen) atoms. The fourth-order valence-electron chi connectivity index (χ4n) is 2.09. The van der Waals surface area contributed by atoms with E-state index in [9.17, 15) is 9.18 Å². The molecular weight excluding hydrogens is 335 g/mol. The zero-order valence-corrected chi connectivity index (χ0v) is 13.6. The first kappa shape index (κ1) is 17.2. The van der Waals surface area contributed by atoms with E-state index >= 15 is 0 Å². The van der Waals surface area contributed by atoms with Gasteiger partial charge in [0.2, 0.25) is 0 Å². The van der Waals surface area contributed by atoms with Crippen molar-refractivity contribution in [2.45, 2.75) is 0 Å². The van der Waals surface area contributed by atoms with Crippen molar-refractivity contribution in [1.82, 2.24) is 0 Å². The predicted molar refractivity (Wildman–Crippen MR) is 97.1 cm³/mol. The normalized spacial score (nSPS) is 10.5. The number of oxime groups is 1. The van der Waals surface area contributed by atoms with Gasteiger partial charge in [0, 0.05) is 11.8 Å². The smallest absolute Gasteiger partial charge is 0.437 e. The zero-order chi connectivity index (χ0) is 18.2. The van der Waals surface area contributed by atoms with Crippen LogP contribution in [0.1, 0.15) is 5.56 Å². The van der Waals surface area contributed by atoms with Crippen LogP contribution in [-0.2, 0) is 4.84 Å². The second kappa shape index (κ2) is 8.43. The molecule has 0 atom stereocenters. The third-order valence-electron chi connectivity index (χ3n) is 3.27. The molecule has 0 aliphatic rings. The average molecular weight is 350 g/mol. The quantitative estimate of drug-likeness (QED) is 0.391. The maximum Gasteiger partial charge on any atom is 0.437 e. The highest BCUT2D eigenvalue weighted by atomic mass is 19.1. The summed E-state index contributed by atoms with van der Waals surface area (Å²) in [6.45, 7) is 0. The molecule has 0 aliphatic heterocycles.